The highest BCUT2D eigenvalue weighted by Crippen LogP contribution is 2.25. The van der Waals surface area contributed by atoms with E-state index in [2.05, 4.69) is 5.10 Å². The van der Waals surface area contributed by atoms with E-state index in [1.54, 1.807) is 18.8 Å². The van der Waals surface area contributed by atoms with Crippen LogP contribution in [0.4, 0.5) is 0 Å². The molecule has 0 spiro atoms. The highest BCUT2D eigenvalue weighted by Gasteiger charge is 2.11. The van der Waals surface area contributed by atoms with Crippen LogP contribution in [0.2, 0.25) is 0 Å². The third-order valence-electron chi connectivity index (χ3n) is 3.75. The summed E-state index contributed by atoms with van der Waals surface area (Å²) in [5, 5.41) is 5.42. The van der Waals surface area contributed by atoms with Crippen molar-refractivity contribution < 1.29 is 9.53 Å². The molecule has 2 heterocycles. The zero-order valence-electron chi connectivity index (χ0n) is 14.3. The predicted octanol–water partition coefficient (Wildman–Crippen LogP) is 2.50. The van der Waals surface area contributed by atoms with Crippen LogP contribution < -0.4 is 4.74 Å². The minimum Gasteiger partial charge on any atom is -0.481 e. The monoisotopic (exact) mass is 324 g/mol. The smallest absolute Gasteiger partial charge is 0.259 e. The van der Waals surface area contributed by atoms with Gasteiger partial charge in [0.25, 0.3) is 5.91 Å². The number of ether oxygens (including phenoxy) is 1. The van der Waals surface area contributed by atoms with Gasteiger partial charge in [-0.3, -0.25) is 4.79 Å². The van der Waals surface area contributed by atoms with Crippen LogP contribution in [-0.4, -0.2) is 46.3 Å². The first kappa shape index (κ1) is 16.0. The fourth-order valence-corrected chi connectivity index (χ4v) is 2.47. The third-order valence-corrected chi connectivity index (χ3v) is 3.75. The molecule has 0 bridgehead atoms. The number of benzene rings is 1. The van der Waals surface area contributed by atoms with Crippen molar-refractivity contribution in [2.45, 2.75) is 13.8 Å². The van der Waals surface area contributed by atoms with Crippen molar-refractivity contribution in [2.75, 3.05) is 20.7 Å². The maximum atomic E-state index is 11.8. The van der Waals surface area contributed by atoms with Gasteiger partial charge >= 0.3 is 0 Å². The van der Waals surface area contributed by atoms with E-state index in [0.29, 0.717) is 11.3 Å². The van der Waals surface area contributed by atoms with Crippen LogP contribution in [0.1, 0.15) is 11.4 Å². The van der Waals surface area contributed by atoms with E-state index >= 15 is 0 Å². The van der Waals surface area contributed by atoms with E-state index in [1.807, 2.05) is 50.2 Å². The molecule has 0 atom stereocenters. The van der Waals surface area contributed by atoms with Crippen LogP contribution in [-0.2, 0) is 4.79 Å². The lowest BCUT2D eigenvalue weighted by Crippen LogP contribution is -2.27. The van der Waals surface area contributed by atoms with E-state index in [9.17, 15) is 4.79 Å². The Labute approximate surface area is 140 Å². The van der Waals surface area contributed by atoms with Gasteiger partial charge in [0.15, 0.2) is 12.4 Å². The molecular weight excluding hydrogens is 304 g/mol. The molecule has 6 nitrogen and oxygen atoms in total. The number of fused-ring (bicyclic) bond motifs is 1. The fraction of sp³-hybridized carbons (Fsp3) is 0.278. The molecule has 0 saturated carbocycles. The minimum absolute atomic E-state index is 0.0159. The van der Waals surface area contributed by atoms with Crippen molar-refractivity contribution in [1.29, 1.82) is 0 Å². The Balaban J connectivity index is 2.00. The number of amides is 1. The molecule has 124 valence electrons. The van der Waals surface area contributed by atoms with Crippen LogP contribution in [0.15, 0.2) is 36.4 Å². The number of rotatable bonds is 4. The number of hydrogen-bond acceptors (Lipinski definition) is 4. The number of aryl methyl sites for hydroxylation is 2. The first-order valence-electron chi connectivity index (χ1n) is 7.72. The number of likely N-dealkylation sites (N-methyl/N-ethyl adjacent to an activating group) is 1. The number of aromatic nitrogens is 3. The highest BCUT2D eigenvalue weighted by molar-refractivity contribution is 5.86. The average Bonchev–Trinajstić information content (AvgIpc) is 2.90. The lowest BCUT2D eigenvalue weighted by atomic mass is 10.2. The molecule has 0 aliphatic rings. The molecule has 2 aromatic heterocycles. The maximum Gasteiger partial charge on any atom is 0.259 e. The normalized spacial score (nSPS) is 10.8. The van der Waals surface area contributed by atoms with Gasteiger partial charge in [0.1, 0.15) is 11.3 Å². The van der Waals surface area contributed by atoms with Crippen LogP contribution in [0, 0.1) is 13.8 Å². The Morgan fingerprint density at radius 1 is 1.21 bits per heavy atom. The molecule has 0 aliphatic heterocycles. The second-order valence-corrected chi connectivity index (χ2v) is 5.91. The molecule has 3 rings (SSSR count). The van der Waals surface area contributed by atoms with Gasteiger partial charge in [0.05, 0.1) is 5.69 Å². The summed E-state index contributed by atoms with van der Waals surface area (Å²) in [5.41, 5.74) is 2.67. The average molecular weight is 324 g/mol. The summed E-state index contributed by atoms with van der Waals surface area (Å²) in [5.74, 6) is 1.22. The standard InChI is InChI=1S/C18H20N4O2/c1-12-10-13(2)22(20-12)16-9-8-14-6-5-7-15(18(14)19-16)24-11-17(23)21(3)4/h5-10H,11H2,1-4H3. The molecule has 6 heteroatoms. The molecule has 0 aliphatic carbocycles. The Hall–Kier alpha value is -2.89. The highest BCUT2D eigenvalue weighted by atomic mass is 16.5. The van der Waals surface area contributed by atoms with Crippen molar-refractivity contribution in [3.05, 3.63) is 47.8 Å². The van der Waals surface area contributed by atoms with Gasteiger partial charge in [-0.1, -0.05) is 12.1 Å². The van der Waals surface area contributed by atoms with E-state index in [4.69, 9.17) is 9.72 Å². The number of hydrogen-bond donors (Lipinski definition) is 0. The Kier molecular flexibility index (Phi) is 4.20. The lowest BCUT2D eigenvalue weighted by molar-refractivity contribution is -0.130. The van der Waals surface area contributed by atoms with Gasteiger partial charge in [0.2, 0.25) is 0 Å². The molecular formula is C18H20N4O2. The van der Waals surface area contributed by atoms with Crippen molar-refractivity contribution in [1.82, 2.24) is 19.7 Å². The second kappa shape index (κ2) is 6.31. The topological polar surface area (TPSA) is 60.2 Å². The van der Waals surface area contributed by atoms with Gasteiger partial charge in [-0.05, 0) is 38.1 Å². The maximum absolute atomic E-state index is 11.8. The lowest BCUT2D eigenvalue weighted by Gasteiger charge is -2.13. The molecule has 3 aromatic rings. The summed E-state index contributed by atoms with van der Waals surface area (Å²) in [4.78, 5) is 17.9. The minimum atomic E-state index is -0.0956. The van der Waals surface area contributed by atoms with E-state index in [1.165, 1.54) is 4.90 Å². The summed E-state index contributed by atoms with van der Waals surface area (Å²) in [6, 6.07) is 11.6. The van der Waals surface area contributed by atoms with Crippen LogP contribution >= 0.6 is 0 Å². The Bertz CT molecular complexity index is 899. The Morgan fingerprint density at radius 3 is 2.67 bits per heavy atom. The number of nitrogens with zero attached hydrogens (tertiary/aromatic N) is 4. The van der Waals surface area contributed by atoms with Crippen LogP contribution in [0.5, 0.6) is 5.75 Å². The summed E-state index contributed by atoms with van der Waals surface area (Å²) in [6.07, 6.45) is 0. The molecule has 24 heavy (non-hydrogen) atoms. The second-order valence-electron chi connectivity index (χ2n) is 5.91. The molecule has 0 N–H and O–H groups in total. The van der Waals surface area contributed by atoms with Gasteiger partial charge in [-0.15, -0.1) is 0 Å². The number of para-hydroxylation sites is 1. The third kappa shape index (κ3) is 3.08. The first-order valence-corrected chi connectivity index (χ1v) is 7.72. The summed E-state index contributed by atoms with van der Waals surface area (Å²) < 4.78 is 7.49. The summed E-state index contributed by atoms with van der Waals surface area (Å²) in [7, 11) is 3.40. The molecule has 0 unspecified atom stereocenters. The zero-order valence-corrected chi connectivity index (χ0v) is 14.3. The fourth-order valence-electron chi connectivity index (χ4n) is 2.47. The van der Waals surface area contributed by atoms with Gasteiger partial charge in [0, 0.05) is 25.2 Å². The quantitative estimate of drug-likeness (QED) is 0.740. The summed E-state index contributed by atoms with van der Waals surface area (Å²) >= 11 is 0. The SMILES string of the molecule is Cc1cc(C)n(-c2ccc3cccc(OCC(=O)N(C)C)c3n2)n1. The molecule has 1 aromatic carbocycles. The van der Waals surface area contributed by atoms with Gasteiger partial charge in [-0.25, -0.2) is 9.67 Å². The summed E-state index contributed by atoms with van der Waals surface area (Å²) in [6.45, 7) is 3.92. The van der Waals surface area contributed by atoms with Crippen molar-refractivity contribution in [2.24, 2.45) is 0 Å². The Morgan fingerprint density at radius 2 is 2.00 bits per heavy atom. The van der Waals surface area contributed by atoms with Crippen molar-refractivity contribution in [3.8, 4) is 11.6 Å². The molecule has 0 saturated heterocycles. The number of carbonyl (C=O) groups is 1. The van der Waals surface area contributed by atoms with E-state index in [0.717, 1.165) is 22.6 Å². The van der Waals surface area contributed by atoms with Crippen LogP contribution in [0.3, 0.4) is 0 Å². The van der Waals surface area contributed by atoms with Gasteiger partial charge in [-0.2, -0.15) is 5.10 Å². The molecule has 0 radical (unpaired) electrons. The largest absolute Gasteiger partial charge is 0.481 e. The number of pyridine rings is 1. The van der Waals surface area contributed by atoms with E-state index < -0.39 is 0 Å². The molecule has 0 fully saturated rings. The number of carbonyl (C=O) groups excluding carboxylic acids is 1. The predicted molar refractivity (Wildman–Crippen MR) is 92.5 cm³/mol. The van der Waals surface area contributed by atoms with Gasteiger partial charge < -0.3 is 9.64 Å². The molecule has 1 amide bonds. The van der Waals surface area contributed by atoms with Crippen molar-refractivity contribution >= 4 is 16.8 Å². The van der Waals surface area contributed by atoms with Crippen LogP contribution in [0.25, 0.3) is 16.7 Å². The van der Waals surface area contributed by atoms with E-state index in [-0.39, 0.29) is 12.5 Å². The first-order chi connectivity index (χ1) is 11.5. The van der Waals surface area contributed by atoms with Crippen molar-refractivity contribution in [3.63, 3.8) is 0 Å². The zero-order chi connectivity index (χ0) is 17.3.